The molecular weight excluding hydrogens is 172 g/mol. The van der Waals surface area contributed by atoms with Gasteiger partial charge in [0.2, 0.25) is 5.91 Å². The van der Waals surface area contributed by atoms with Gasteiger partial charge in [-0.05, 0) is 24.8 Å². The fourth-order valence-corrected chi connectivity index (χ4v) is 2.00. The van der Waals surface area contributed by atoms with Crippen LogP contribution in [0.3, 0.4) is 0 Å². The first kappa shape index (κ1) is 9.86. The SMILES string of the molecule is CC(=O)NCCSCC1CNC1. The van der Waals surface area contributed by atoms with Gasteiger partial charge >= 0.3 is 0 Å². The van der Waals surface area contributed by atoms with Gasteiger partial charge in [0.15, 0.2) is 0 Å². The van der Waals surface area contributed by atoms with Gasteiger partial charge in [-0.15, -0.1) is 0 Å². The van der Waals surface area contributed by atoms with Crippen molar-refractivity contribution in [2.75, 3.05) is 31.1 Å². The van der Waals surface area contributed by atoms with E-state index >= 15 is 0 Å². The summed E-state index contributed by atoms with van der Waals surface area (Å²) in [6.45, 7) is 4.71. The summed E-state index contributed by atoms with van der Waals surface area (Å²) in [5, 5.41) is 6.02. The average molecular weight is 188 g/mol. The lowest BCUT2D eigenvalue weighted by Crippen LogP contribution is -2.43. The van der Waals surface area contributed by atoms with E-state index in [1.807, 2.05) is 11.8 Å². The van der Waals surface area contributed by atoms with Gasteiger partial charge in [-0.25, -0.2) is 0 Å². The van der Waals surface area contributed by atoms with Crippen LogP contribution in [0.15, 0.2) is 0 Å². The Kier molecular flexibility index (Phi) is 4.46. The quantitative estimate of drug-likeness (QED) is 0.600. The predicted octanol–water partition coefficient (Wildman–Crippen LogP) is 0.0751. The summed E-state index contributed by atoms with van der Waals surface area (Å²) in [5.74, 6) is 3.20. The zero-order chi connectivity index (χ0) is 8.81. The van der Waals surface area contributed by atoms with Crippen LogP contribution in [0.2, 0.25) is 0 Å². The molecule has 1 heterocycles. The van der Waals surface area contributed by atoms with Gasteiger partial charge in [0.1, 0.15) is 0 Å². The van der Waals surface area contributed by atoms with Crippen LogP contribution in [-0.2, 0) is 4.79 Å². The predicted molar refractivity (Wildman–Crippen MR) is 52.4 cm³/mol. The molecule has 1 fully saturated rings. The molecule has 2 N–H and O–H groups in total. The smallest absolute Gasteiger partial charge is 0.216 e. The van der Waals surface area contributed by atoms with Crippen LogP contribution in [0.4, 0.5) is 0 Å². The van der Waals surface area contributed by atoms with E-state index in [0.717, 1.165) is 18.2 Å². The summed E-state index contributed by atoms with van der Waals surface area (Å²) >= 11 is 1.92. The van der Waals surface area contributed by atoms with E-state index < -0.39 is 0 Å². The minimum Gasteiger partial charge on any atom is -0.356 e. The molecule has 0 bridgehead atoms. The lowest BCUT2D eigenvalue weighted by molar-refractivity contribution is -0.118. The van der Waals surface area contributed by atoms with Gasteiger partial charge in [0.25, 0.3) is 0 Å². The van der Waals surface area contributed by atoms with E-state index in [1.54, 1.807) is 6.92 Å². The molecule has 0 unspecified atom stereocenters. The second kappa shape index (κ2) is 5.43. The molecule has 1 aliphatic rings. The molecule has 0 atom stereocenters. The van der Waals surface area contributed by atoms with Crippen LogP contribution < -0.4 is 10.6 Å². The Bertz CT molecular complexity index is 148. The first-order valence-electron chi connectivity index (χ1n) is 4.32. The molecule has 0 aromatic rings. The van der Waals surface area contributed by atoms with E-state index in [0.29, 0.717) is 0 Å². The standard InChI is InChI=1S/C8H16N2OS/c1-7(11)10-2-3-12-6-8-4-9-5-8/h8-9H,2-6H2,1H3,(H,10,11). The number of thioether (sulfide) groups is 1. The number of carbonyl (C=O) groups excluding carboxylic acids is 1. The molecule has 1 amide bonds. The zero-order valence-electron chi connectivity index (χ0n) is 7.43. The number of hydrogen-bond acceptors (Lipinski definition) is 3. The highest BCUT2D eigenvalue weighted by Gasteiger charge is 2.15. The van der Waals surface area contributed by atoms with Crippen molar-refractivity contribution < 1.29 is 4.79 Å². The van der Waals surface area contributed by atoms with Crippen molar-refractivity contribution in [3.63, 3.8) is 0 Å². The van der Waals surface area contributed by atoms with Crippen molar-refractivity contribution in [1.29, 1.82) is 0 Å². The highest BCUT2D eigenvalue weighted by Crippen LogP contribution is 2.11. The summed E-state index contributed by atoms with van der Waals surface area (Å²) in [4.78, 5) is 10.5. The molecule has 4 heteroatoms. The topological polar surface area (TPSA) is 41.1 Å². The molecule has 12 heavy (non-hydrogen) atoms. The third-order valence-corrected chi connectivity index (χ3v) is 3.04. The first-order valence-corrected chi connectivity index (χ1v) is 5.47. The monoisotopic (exact) mass is 188 g/mol. The van der Waals surface area contributed by atoms with Gasteiger partial charge in [-0.2, -0.15) is 11.8 Å². The molecule has 0 saturated carbocycles. The summed E-state index contributed by atoms with van der Waals surface area (Å²) < 4.78 is 0. The summed E-state index contributed by atoms with van der Waals surface area (Å²) in [5.41, 5.74) is 0. The Labute approximate surface area is 77.7 Å². The fraction of sp³-hybridized carbons (Fsp3) is 0.875. The Balaban J connectivity index is 1.79. The van der Waals surface area contributed by atoms with E-state index in [9.17, 15) is 4.79 Å². The van der Waals surface area contributed by atoms with E-state index in [1.165, 1.54) is 18.8 Å². The summed E-state index contributed by atoms with van der Waals surface area (Å²) in [6.07, 6.45) is 0. The van der Waals surface area contributed by atoms with Crippen LogP contribution in [0.5, 0.6) is 0 Å². The number of hydrogen-bond donors (Lipinski definition) is 2. The van der Waals surface area contributed by atoms with Gasteiger partial charge in [0.05, 0.1) is 0 Å². The van der Waals surface area contributed by atoms with Crippen LogP contribution >= 0.6 is 11.8 Å². The maximum atomic E-state index is 10.5. The molecule has 0 aliphatic carbocycles. The Morgan fingerprint density at radius 3 is 2.92 bits per heavy atom. The molecule has 70 valence electrons. The highest BCUT2D eigenvalue weighted by molar-refractivity contribution is 7.99. The minimum absolute atomic E-state index is 0.0703. The van der Waals surface area contributed by atoms with Crippen LogP contribution in [0.1, 0.15) is 6.92 Å². The maximum Gasteiger partial charge on any atom is 0.216 e. The Hall–Kier alpha value is -0.220. The van der Waals surface area contributed by atoms with E-state index in [-0.39, 0.29) is 5.91 Å². The molecular formula is C8H16N2OS. The van der Waals surface area contributed by atoms with Crippen molar-refractivity contribution >= 4 is 17.7 Å². The molecule has 3 nitrogen and oxygen atoms in total. The first-order chi connectivity index (χ1) is 5.79. The van der Waals surface area contributed by atoms with Gasteiger partial charge < -0.3 is 10.6 Å². The fourth-order valence-electron chi connectivity index (χ4n) is 1.02. The number of rotatable bonds is 5. The number of carbonyl (C=O) groups is 1. The molecule has 0 radical (unpaired) electrons. The van der Waals surface area contributed by atoms with Crippen molar-refractivity contribution in [3.8, 4) is 0 Å². The van der Waals surface area contributed by atoms with Crippen LogP contribution in [0, 0.1) is 5.92 Å². The lowest BCUT2D eigenvalue weighted by atomic mass is 10.1. The largest absolute Gasteiger partial charge is 0.356 e. The molecule has 1 rings (SSSR count). The maximum absolute atomic E-state index is 10.5. The average Bonchev–Trinajstić information content (AvgIpc) is 1.92. The second-order valence-corrected chi connectivity index (χ2v) is 4.23. The molecule has 0 spiro atoms. The van der Waals surface area contributed by atoms with Crippen molar-refractivity contribution in [2.45, 2.75) is 6.92 Å². The second-order valence-electron chi connectivity index (χ2n) is 3.08. The number of nitrogens with one attached hydrogen (secondary N) is 2. The molecule has 1 aliphatic heterocycles. The van der Waals surface area contributed by atoms with Crippen LogP contribution in [0.25, 0.3) is 0 Å². The highest BCUT2D eigenvalue weighted by atomic mass is 32.2. The van der Waals surface area contributed by atoms with Gasteiger partial charge in [-0.1, -0.05) is 0 Å². The summed E-state index contributed by atoms with van der Waals surface area (Å²) in [6, 6.07) is 0. The normalized spacial score (nSPS) is 17.1. The molecule has 1 saturated heterocycles. The van der Waals surface area contributed by atoms with Crippen LogP contribution in [-0.4, -0.2) is 37.0 Å². The van der Waals surface area contributed by atoms with Crippen molar-refractivity contribution in [1.82, 2.24) is 10.6 Å². The lowest BCUT2D eigenvalue weighted by Gasteiger charge is -2.26. The minimum atomic E-state index is 0.0703. The Morgan fingerprint density at radius 2 is 2.42 bits per heavy atom. The Morgan fingerprint density at radius 1 is 1.67 bits per heavy atom. The van der Waals surface area contributed by atoms with E-state index in [2.05, 4.69) is 10.6 Å². The van der Waals surface area contributed by atoms with Crippen molar-refractivity contribution in [3.05, 3.63) is 0 Å². The van der Waals surface area contributed by atoms with Gasteiger partial charge in [-0.3, -0.25) is 4.79 Å². The molecule has 0 aromatic carbocycles. The third-order valence-electron chi connectivity index (χ3n) is 1.84. The zero-order valence-corrected chi connectivity index (χ0v) is 8.25. The molecule has 0 aromatic heterocycles. The summed E-state index contributed by atoms with van der Waals surface area (Å²) in [7, 11) is 0. The third kappa shape index (κ3) is 3.97. The van der Waals surface area contributed by atoms with Gasteiger partial charge in [0, 0.05) is 19.2 Å². The number of amides is 1. The van der Waals surface area contributed by atoms with E-state index in [4.69, 9.17) is 0 Å². The van der Waals surface area contributed by atoms with Crippen molar-refractivity contribution in [2.24, 2.45) is 5.92 Å².